The van der Waals surface area contributed by atoms with Crippen molar-refractivity contribution in [3.8, 4) is 11.1 Å². The number of aromatic nitrogens is 3. The summed E-state index contributed by atoms with van der Waals surface area (Å²) in [6.07, 6.45) is -3.34. The number of pyridine rings is 1. The maximum atomic E-state index is 13.8. The summed E-state index contributed by atoms with van der Waals surface area (Å²) in [6, 6.07) is 18.2. The van der Waals surface area contributed by atoms with Crippen LogP contribution in [0.25, 0.3) is 22.2 Å². The largest absolute Gasteiger partial charge is 0.449 e. The van der Waals surface area contributed by atoms with Crippen LogP contribution in [0.2, 0.25) is 5.02 Å². The number of hydrogen-bond donors (Lipinski definition) is 3. The predicted octanol–water partition coefficient (Wildman–Crippen LogP) is 6.46. The summed E-state index contributed by atoms with van der Waals surface area (Å²) in [6.45, 7) is 0. The predicted molar refractivity (Wildman–Crippen MR) is 147 cm³/mol. The third-order valence-electron chi connectivity index (χ3n) is 6.41. The van der Waals surface area contributed by atoms with E-state index in [1.807, 2.05) is 0 Å². The molecule has 0 saturated heterocycles. The van der Waals surface area contributed by atoms with Crippen LogP contribution in [0, 0.1) is 10.1 Å². The standard InChI is InChI=1S/C28H19ClF3N5O4/c29-16-6-9-23(37(40)41)19(13-16)18-10-11-33-26(39)24(18)20(12-15-4-2-1-3-5-15)25(38)34-17-7-8-21-22(14-17)36-27(35-21)28(30,31)32/h1-11,13-14,20H,12H2,(H,33,39)(H,34,38)(H,35,36). The van der Waals surface area contributed by atoms with Crippen LogP contribution in [0.5, 0.6) is 0 Å². The van der Waals surface area contributed by atoms with Crippen LogP contribution in [-0.2, 0) is 17.4 Å². The van der Waals surface area contributed by atoms with E-state index in [1.54, 1.807) is 30.3 Å². The van der Waals surface area contributed by atoms with Gasteiger partial charge in [0.15, 0.2) is 0 Å². The number of amides is 1. The highest BCUT2D eigenvalue weighted by atomic mass is 35.5. The first-order chi connectivity index (χ1) is 19.5. The molecule has 208 valence electrons. The SMILES string of the molecule is O=C(Nc1ccc2nc(C(F)(F)F)[nH]c2c1)C(Cc1ccccc1)c1c(-c2cc(Cl)ccc2[N+](=O)[O-])cc[nH]c1=O. The third-order valence-corrected chi connectivity index (χ3v) is 6.65. The van der Waals surface area contributed by atoms with E-state index >= 15 is 0 Å². The molecule has 1 amide bonds. The second-order valence-electron chi connectivity index (χ2n) is 9.10. The van der Waals surface area contributed by atoms with E-state index in [4.69, 9.17) is 11.6 Å². The second-order valence-corrected chi connectivity index (χ2v) is 9.54. The molecule has 0 fully saturated rings. The van der Waals surface area contributed by atoms with Crippen molar-refractivity contribution in [1.82, 2.24) is 15.0 Å². The van der Waals surface area contributed by atoms with Gasteiger partial charge in [0.05, 0.1) is 27.4 Å². The number of alkyl halides is 3. The third kappa shape index (κ3) is 5.82. The van der Waals surface area contributed by atoms with Gasteiger partial charge in [-0.3, -0.25) is 19.7 Å². The van der Waals surface area contributed by atoms with Gasteiger partial charge >= 0.3 is 6.18 Å². The summed E-state index contributed by atoms with van der Waals surface area (Å²) in [5.74, 6) is -3.01. The zero-order valence-corrected chi connectivity index (χ0v) is 21.6. The molecule has 0 bridgehead atoms. The minimum atomic E-state index is -4.68. The van der Waals surface area contributed by atoms with Crippen molar-refractivity contribution in [3.63, 3.8) is 0 Å². The number of nitro groups is 1. The lowest BCUT2D eigenvalue weighted by Gasteiger charge is -2.20. The normalized spacial score (nSPS) is 12.3. The molecule has 0 aliphatic rings. The molecular weight excluding hydrogens is 563 g/mol. The van der Waals surface area contributed by atoms with E-state index in [2.05, 4.69) is 20.3 Å². The summed E-state index contributed by atoms with van der Waals surface area (Å²) in [7, 11) is 0. The zero-order valence-electron chi connectivity index (χ0n) is 20.8. The molecule has 5 aromatic rings. The minimum absolute atomic E-state index is 0.0334. The number of nitrogens with one attached hydrogen (secondary N) is 3. The molecule has 0 aliphatic carbocycles. The molecular formula is C28H19ClF3N5O4. The van der Waals surface area contributed by atoms with Crippen LogP contribution in [0.15, 0.2) is 83.8 Å². The maximum Gasteiger partial charge on any atom is 0.449 e. The summed E-state index contributed by atoms with van der Waals surface area (Å²) in [5, 5.41) is 14.7. The fourth-order valence-corrected chi connectivity index (χ4v) is 4.75. The van der Waals surface area contributed by atoms with Gasteiger partial charge in [-0.05, 0) is 53.9 Å². The summed E-state index contributed by atoms with van der Waals surface area (Å²) in [4.78, 5) is 46.6. The molecule has 0 spiro atoms. The van der Waals surface area contributed by atoms with E-state index in [0.29, 0.717) is 5.56 Å². The summed E-state index contributed by atoms with van der Waals surface area (Å²) in [5.41, 5.74) is 0.125. The number of halogens is 4. The van der Waals surface area contributed by atoms with Crippen molar-refractivity contribution in [1.29, 1.82) is 0 Å². The first kappa shape index (κ1) is 27.6. The van der Waals surface area contributed by atoms with Crippen LogP contribution < -0.4 is 10.9 Å². The first-order valence-corrected chi connectivity index (χ1v) is 12.5. The van der Waals surface area contributed by atoms with Gasteiger partial charge in [0.25, 0.3) is 11.2 Å². The van der Waals surface area contributed by atoms with Crippen LogP contribution >= 0.6 is 11.6 Å². The average molecular weight is 582 g/mol. The number of anilines is 1. The van der Waals surface area contributed by atoms with Crippen molar-refractivity contribution in [3.05, 3.63) is 121 Å². The smallest absolute Gasteiger partial charge is 0.334 e. The van der Waals surface area contributed by atoms with Crippen LogP contribution in [0.1, 0.15) is 22.9 Å². The summed E-state index contributed by atoms with van der Waals surface area (Å²) >= 11 is 6.15. The van der Waals surface area contributed by atoms with Crippen LogP contribution in [-0.4, -0.2) is 25.8 Å². The number of hydrogen-bond acceptors (Lipinski definition) is 5. The fourth-order valence-electron chi connectivity index (χ4n) is 4.58. The molecule has 9 nitrogen and oxygen atoms in total. The van der Waals surface area contributed by atoms with Crippen molar-refractivity contribution in [2.45, 2.75) is 18.5 Å². The van der Waals surface area contributed by atoms with Crippen LogP contribution in [0.4, 0.5) is 24.5 Å². The topological polar surface area (TPSA) is 134 Å². The van der Waals surface area contributed by atoms with Crippen LogP contribution in [0.3, 0.4) is 0 Å². The van der Waals surface area contributed by atoms with Crippen molar-refractivity contribution >= 4 is 39.9 Å². The molecule has 5 rings (SSSR count). The van der Waals surface area contributed by atoms with Gasteiger partial charge in [-0.2, -0.15) is 13.2 Å². The average Bonchev–Trinajstić information content (AvgIpc) is 3.36. The highest BCUT2D eigenvalue weighted by molar-refractivity contribution is 6.31. The van der Waals surface area contributed by atoms with Gasteiger partial charge in [-0.15, -0.1) is 0 Å². The molecule has 0 saturated carbocycles. The number of rotatable bonds is 7. The number of fused-ring (bicyclic) bond motifs is 1. The quantitative estimate of drug-likeness (QED) is 0.150. The number of nitrogens with zero attached hydrogens (tertiary/aromatic N) is 2. The van der Waals surface area contributed by atoms with Gasteiger partial charge in [0.2, 0.25) is 11.7 Å². The lowest BCUT2D eigenvalue weighted by atomic mass is 9.86. The Labute approximate surface area is 234 Å². The Kier molecular flexibility index (Phi) is 7.33. The Balaban J connectivity index is 1.61. The lowest BCUT2D eigenvalue weighted by Crippen LogP contribution is -2.29. The van der Waals surface area contributed by atoms with Gasteiger partial charge < -0.3 is 15.3 Å². The zero-order chi connectivity index (χ0) is 29.3. The molecule has 2 heterocycles. The molecule has 3 aromatic carbocycles. The number of H-pyrrole nitrogens is 2. The molecule has 1 atom stereocenters. The van der Waals surface area contributed by atoms with E-state index in [0.717, 1.165) is 0 Å². The van der Waals surface area contributed by atoms with E-state index in [-0.39, 0.29) is 50.5 Å². The number of carbonyl (C=O) groups is 1. The number of carbonyl (C=O) groups excluding carboxylic acids is 1. The van der Waals surface area contributed by atoms with E-state index in [1.165, 1.54) is 48.7 Å². The van der Waals surface area contributed by atoms with Gasteiger partial charge in [0.1, 0.15) is 0 Å². The molecule has 0 aliphatic heterocycles. The van der Waals surface area contributed by atoms with Crippen molar-refractivity contribution in [2.75, 3.05) is 5.32 Å². The number of aromatic amines is 2. The Bertz CT molecular complexity index is 1840. The van der Waals surface area contributed by atoms with E-state index in [9.17, 15) is 32.9 Å². The summed E-state index contributed by atoms with van der Waals surface area (Å²) < 4.78 is 39.3. The molecule has 2 aromatic heterocycles. The monoisotopic (exact) mass is 581 g/mol. The second kappa shape index (κ2) is 10.9. The van der Waals surface area contributed by atoms with E-state index < -0.39 is 34.3 Å². The molecule has 41 heavy (non-hydrogen) atoms. The highest BCUT2D eigenvalue weighted by Gasteiger charge is 2.35. The Morgan fingerprint density at radius 3 is 2.51 bits per heavy atom. The molecule has 0 radical (unpaired) electrons. The first-order valence-electron chi connectivity index (χ1n) is 12.1. The van der Waals surface area contributed by atoms with Crippen molar-refractivity contribution < 1.29 is 22.9 Å². The Morgan fingerprint density at radius 2 is 1.80 bits per heavy atom. The molecule has 13 heteroatoms. The van der Waals surface area contributed by atoms with Gasteiger partial charge in [-0.1, -0.05) is 41.9 Å². The lowest BCUT2D eigenvalue weighted by molar-refractivity contribution is -0.384. The highest BCUT2D eigenvalue weighted by Crippen LogP contribution is 2.37. The Morgan fingerprint density at radius 1 is 1.05 bits per heavy atom. The maximum absolute atomic E-state index is 13.8. The van der Waals surface area contributed by atoms with Gasteiger partial charge in [0, 0.05) is 28.5 Å². The molecule has 3 N–H and O–H groups in total. The van der Waals surface area contributed by atoms with Crippen molar-refractivity contribution in [2.24, 2.45) is 0 Å². The molecule has 1 unspecified atom stereocenters. The number of nitro benzene ring substituents is 1. The Hall–Kier alpha value is -4.97. The minimum Gasteiger partial charge on any atom is -0.334 e. The number of benzene rings is 3. The number of imidazole rings is 1. The van der Waals surface area contributed by atoms with Gasteiger partial charge in [-0.25, -0.2) is 4.98 Å². The fraction of sp³-hybridized carbons (Fsp3) is 0.107.